The Kier molecular flexibility index (Phi) is 12.6. The summed E-state index contributed by atoms with van der Waals surface area (Å²) in [6.45, 7) is 2.77. The second-order valence-electron chi connectivity index (χ2n) is 13.3. The van der Waals surface area contributed by atoms with Gasteiger partial charge in [0.05, 0.1) is 18.7 Å². The van der Waals surface area contributed by atoms with Crippen LogP contribution in [-0.2, 0) is 25.6 Å². The highest BCUT2D eigenvalue weighted by Gasteiger charge is 2.36. The van der Waals surface area contributed by atoms with E-state index < -0.39 is 18.0 Å². The molecule has 0 aromatic heterocycles. The number of ketones is 1. The Labute approximate surface area is 283 Å². The molecular formula is C39H50N4O5. The van der Waals surface area contributed by atoms with E-state index in [1.54, 1.807) is 6.92 Å². The van der Waals surface area contributed by atoms with Crippen molar-refractivity contribution in [3.05, 3.63) is 77.9 Å². The number of rotatable bonds is 16. The van der Waals surface area contributed by atoms with Crippen molar-refractivity contribution in [2.24, 2.45) is 17.6 Å². The van der Waals surface area contributed by atoms with Crippen molar-refractivity contribution in [3.8, 4) is 5.75 Å². The third-order valence-corrected chi connectivity index (χ3v) is 9.84. The smallest absolute Gasteiger partial charge is 0.243 e. The standard InChI is InChI=1S/C39H50N4O5/c1-2-36(45)41-33(24-26-18-19-27-11-3-6-14-29(27)23-26)39(47)43-37(28-12-4-5-13-28)34(44)25-30(15-9-10-21-40)38(46)42-32-20-22-48-35-17-8-7-16-31(32)35/h3,6-8,11,14,16-19,23,28,30,32-33,37H,2,4-5,9-10,12-13,15,20-22,24-25,40H2,1H3,(H,41,45)(H,42,46)(H,43,47)/t30-,32-,33+,37+/m1/s1. The van der Waals surface area contributed by atoms with Crippen LogP contribution in [0.1, 0.15) is 88.3 Å². The number of fused-ring (bicyclic) bond motifs is 2. The summed E-state index contributed by atoms with van der Waals surface area (Å²) in [4.78, 5) is 54.5. The molecule has 1 saturated carbocycles. The van der Waals surface area contributed by atoms with Crippen LogP contribution in [0.25, 0.3) is 10.8 Å². The van der Waals surface area contributed by atoms with Gasteiger partial charge < -0.3 is 26.4 Å². The van der Waals surface area contributed by atoms with E-state index in [2.05, 4.69) is 16.0 Å². The Morgan fingerprint density at radius 2 is 1.62 bits per heavy atom. The van der Waals surface area contributed by atoms with Gasteiger partial charge in [-0.15, -0.1) is 0 Å². The van der Waals surface area contributed by atoms with E-state index in [0.717, 1.165) is 66.2 Å². The average Bonchev–Trinajstić information content (AvgIpc) is 3.64. The molecule has 2 aliphatic rings. The fraction of sp³-hybridized carbons (Fsp3) is 0.487. The van der Waals surface area contributed by atoms with Crippen LogP contribution in [0.3, 0.4) is 0 Å². The fourth-order valence-corrected chi connectivity index (χ4v) is 7.13. The van der Waals surface area contributed by atoms with Gasteiger partial charge in [-0.1, -0.05) is 86.8 Å². The quantitative estimate of drug-likeness (QED) is 0.155. The molecule has 0 bridgehead atoms. The van der Waals surface area contributed by atoms with Crippen LogP contribution in [0.5, 0.6) is 5.75 Å². The number of nitrogens with two attached hydrogens (primary N) is 1. The molecule has 5 N–H and O–H groups in total. The average molecular weight is 655 g/mol. The summed E-state index contributed by atoms with van der Waals surface area (Å²) in [6, 6.07) is 20.0. The molecule has 5 rings (SSSR count). The first-order valence-corrected chi connectivity index (χ1v) is 17.7. The van der Waals surface area contributed by atoms with Crippen LogP contribution in [0, 0.1) is 11.8 Å². The largest absolute Gasteiger partial charge is 0.493 e. The summed E-state index contributed by atoms with van der Waals surface area (Å²) in [5, 5.41) is 11.3. The van der Waals surface area contributed by atoms with Crippen LogP contribution < -0.4 is 26.4 Å². The van der Waals surface area contributed by atoms with Gasteiger partial charge in [-0.05, 0) is 60.5 Å². The zero-order chi connectivity index (χ0) is 33.9. The number of amides is 3. The van der Waals surface area contributed by atoms with Crippen molar-refractivity contribution in [2.45, 2.75) is 95.7 Å². The Morgan fingerprint density at radius 3 is 2.40 bits per heavy atom. The van der Waals surface area contributed by atoms with Gasteiger partial charge in [0.15, 0.2) is 5.78 Å². The highest BCUT2D eigenvalue weighted by atomic mass is 16.5. The summed E-state index contributed by atoms with van der Waals surface area (Å²) in [5.74, 6) is -0.705. The molecule has 1 heterocycles. The minimum Gasteiger partial charge on any atom is -0.493 e. The number of hydrogen-bond acceptors (Lipinski definition) is 6. The molecule has 0 unspecified atom stereocenters. The fourth-order valence-electron chi connectivity index (χ4n) is 7.13. The van der Waals surface area contributed by atoms with E-state index >= 15 is 0 Å². The summed E-state index contributed by atoms with van der Waals surface area (Å²) in [5.41, 5.74) is 7.63. The molecule has 3 amide bonds. The van der Waals surface area contributed by atoms with E-state index in [1.807, 2.05) is 66.7 Å². The van der Waals surface area contributed by atoms with Crippen molar-refractivity contribution in [1.29, 1.82) is 0 Å². The second kappa shape index (κ2) is 17.2. The maximum absolute atomic E-state index is 14.2. The van der Waals surface area contributed by atoms with Gasteiger partial charge in [0.25, 0.3) is 0 Å². The van der Waals surface area contributed by atoms with Gasteiger partial charge in [0.1, 0.15) is 11.8 Å². The SMILES string of the molecule is CCC(=O)N[C@@H](Cc1ccc2ccccc2c1)C(=O)N[C@H](C(=O)C[C@@H](CCCCN)C(=O)N[C@@H]1CCOc2ccccc21)C1CCCC1. The minimum atomic E-state index is -0.840. The molecule has 1 fully saturated rings. The van der Waals surface area contributed by atoms with E-state index in [1.165, 1.54) is 0 Å². The van der Waals surface area contributed by atoms with Gasteiger partial charge in [-0.25, -0.2) is 0 Å². The third kappa shape index (κ3) is 9.22. The summed E-state index contributed by atoms with van der Waals surface area (Å²) in [6.07, 6.45) is 6.86. The van der Waals surface area contributed by atoms with Crippen molar-refractivity contribution >= 4 is 34.3 Å². The summed E-state index contributed by atoms with van der Waals surface area (Å²) < 4.78 is 5.79. The molecule has 1 aliphatic heterocycles. The van der Waals surface area contributed by atoms with Gasteiger partial charge in [-0.2, -0.15) is 0 Å². The van der Waals surface area contributed by atoms with Crippen LogP contribution in [0.15, 0.2) is 66.7 Å². The maximum Gasteiger partial charge on any atom is 0.243 e. The van der Waals surface area contributed by atoms with Crippen LogP contribution in [0.4, 0.5) is 0 Å². The van der Waals surface area contributed by atoms with E-state index in [-0.39, 0.29) is 48.3 Å². The molecule has 48 heavy (non-hydrogen) atoms. The number of carbonyl (C=O) groups excluding carboxylic acids is 4. The molecule has 3 aromatic rings. The molecule has 4 atom stereocenters. The first kappa shape index (κ1) is 35.1. The Bertz CT molecular complexity index is 1570. The minimum absolute atomic E-state index is 0.0141. The lowest BCUT2D eigenvalue weighted by molar-refractivity contribution is -0.134. The van der Waals surface area contributed by atoms with Crippen LogP contribution in [0.2, 0.25) is 0 Å². The Hall–Kier alpha value is -4.24. The zero-order valence-electron chi connectivity index (χ0n) is 28.0. The van der Waals surface area contributed by atoms with Gasteiger partial charge >= 0.3 is 0 Å². The lowest BCUT2D eigenvalue weighted by Gasteiger charge is -2.30. The van der Waals surface area contributed by atoms with Crippen molar-refractivity contribution < 1.29 is 23.9 Å². The van der Waals surface area contributed by atoms with Crippen molar-refractivity contribution in [2.75, 3.05) is 13.2 Å². The number of benzene rings is 3. The monoisotopic (exact) mass is 654 g/mol. The maximum atomic E-state index is 14.2. The number of para-hydroxylation sites is 1. The third-order valence-electron chi connectivity index (χ3n) is 9.84. The lowest BCUT2D eigenvalue weighted by atomic mass is 9.86. The second-order valence-corrected chi connectivity index (χ2v) is 13.3. The zero-order valence-corrected chi connectivity index (χ0v) is 28.0. The highest BCUT2D eigenvalue weighted by molar-refractivity contribution is 5.95. The number of ether oxygens (including phenoxy) is 1. The number of carbonyl (C=O) groups is 4. The first-order chi connectivity index (χ1) is 23.4. The Morgan fingerprint density at radius 1 is 0.875 bits per heavy atom. The van der Waals surface area contributed by atoms with Gasteiger partial charge in [0, 0.05) is 37.2 Å². The molecule has 0 radical (unpaired) electrons. The number of Topliss-reactive ketones (excluding diaryl/α,β-unsaturated/α-hetero) is 1. The molecule has 9 nitrogen and oxygen atoms in total. The van der Waals surface area contributed by atoms with Crippen LogP contribution in [-0.4, -0.2) is 48.7 Å². The molecule has 0 spiro atoms. The first-order valence-electron chi connectivity index (χ1n) is 17.7. The lowest BCUT2D eigenvalue weighted by Crippen LogP contribution is -2.54. The predicted octanol–water partition coefficient (Wildman–Crippen LogP) is 5.30. The van der Waals surface area contributed by atoms with Crippen LogP contribution >= 0.6 is 0 Å². The normalized spacial score (nSPS) is 17.8. The molecule has 9 heteroatoms. The highest BCUT2D eigenvalue weighted by Crippen LogP contribution is 2.33. The van der Waals surface area contributed by atoms with Crippen molar-refractivity contribution in [3.63, 3.8) is 0 Å². The van der Waals surface area contributed by atoms with E-state index in [4.69, 9.17) is 10.5 Å². The molecule has 1 aliphatic carbocycles. The summed E-state index contributed by atoms with van der Waals surface area (Å²) >= 11 is 0. The topological polar surface area (TPSA) is 140 Å². The predicted molar refractivity (Wildman–Crippen MR) is 187 cm³/mol. The van der Waals surface area contributed by atoms with E-state index in [9.17, 15) is 19.2 Å². The molecule has 0 saturated heterocycles. The molecular weight excluding hydrogens is 604 g/mol. The number of unbranched alkanes of at least 4 members (excludes halogenated alkanes) is 1. The Balaban J connectivity index is 1.32. The van der Waals surface area contributed by atoms with Crippen molar-refractivity contribution in [1.82, 2.24) is 16.0 Å². The molecule has 3 aromatic carbocycles. The van der Waals surface area contributed by atoms with E-state index in [0.29, 0.717) is 32.4 Å². The summed E-state index contributed by atoms with van der Waals surface area (Å²) in [7, 11) is 0. The molecule has 256 valence electrons. The van der Waals surface area contributed by atoms with Gasteiger partial charge in [0.2, 0.25) is 17.7 Å². The number of nitrogens with one attached hydrogen (secondary N) is 3. The number of hydrogen-bond donors (Lipinski definition) is 4. The van der Waals surface area contributed by atoms with Gasteiger partial charge in [-0.3, -0.25) is 19.2 Å².